The van der Waals surface area contributed by atoms with E-state index in [0.717, 1.165) is 38.4 Å². The molecule has 29 heavy (non-hydrogen) atoms. The first kappa shape index (κ1) is 20.3. The predicted octanol–water partition coefficient (Wildman–Crippen LogP) is 3.67. The summed E-state index contributed by atoms with van der Waals surface area (Å²) in [7, 11) is 0. The van der Waals surface area contributed by atoms with E-state index >= 15 is 0 Å². The van der Waals surface area contributed by atoms with Crippen molar-refractivity contribution in [2.75, 3.05) is 48.0 Å². The van der Waals surface area contributed by atoms with Crippen LogP contribution in [0.1, 0.15) is 46.0 Å². The molecule has 1 amide bonds. The molecule has 3 saturated heterocycles. The van der Waals surface area contributed by atoms with Crippen molar-refractivity contribution in [2.24, 2.45) is 5.92 Å². The number of carbonyl (C=O) groups excluding carboxylic acids is 1. The lowest BCUT2D eigenvalue weighted by Crippen LogP contribution is -2.60. The van der Waals surface area contributed by atoms with Crippen LogP contribution in [0, 0.1) is 5.92 Å². The Labute approximate surface area is 170 Å². The molecule has 160 valence electrons. The lowest BCUT2D eigenvalue weighted by atomic mass is 9.87. The predicted molar refractivity (Wildman–Crippen MR) is 109 cm³/mol. The van der Waals surface area contributed by atoms with Crippen molar-refractivity contribution in [3.63, 3.8) is 0 Å². The number of halogens is 2. The Hall–Kier alpha value is -1.96. The van der Waals surface area contributed by atoms with Gasteiger partial charge in [-0.2, -0.15) is 0 Å². The van der Waals surface area contributed by atoms with Gasteiger partial charge in [0, 0.05) is 45.7 Å². The molecular weight excluding hydrogens is 378 g/mol. The minimum absolute atomic E-state index is 0.0447. The molecule has 8 heteroatoms. The van der Waals surface area contributed by atoms with Gasteiger partial charge in [0.25, 0.3) is 5.92 Å². The molecule has 0 radical (unpaired) electrons. The summed E-state index contributed by atoms with van der Waals surface area (Å²) in [6.07, 6.45) is 2.15. The Balaban J connectivity index is 1.56. The lowest BCUT2D eigenvalue weighted by Gasteiger charge is -2.48. The Morgan fingerprint density at radius 1 is 1.21 bits per heavy atom. The number of hydrogen-bond donors (Lipinski definition) is 1. The van der Waals surface area contributed by atoms with Crippen LogP contribution in [0.5, 0.6) is 0 Å². The zero-order valence-electron chi connectivity index (χ0n) is 17.2. The van der Waals surface area contributed by atoms with Crippen LogP contribution >= 0.6 is 0 Å². The summed E-state index contributed by atoms with van der Waals surface area (Å²) < 4.78 is 32.8. The smallest absolute Gasteiger partial charge is 0.251 e. The average Bonchev–Trinajstić information content (AvgIpc) is 2.67. The van der Waals surface area contributed by atoms with Crippen molar-refractivity contribution in [1.29, 1.82) is 0 Å². The Bertz CT molecular complexity index is 755. The van der Waals surface area contributed by atoms with Gasteiger partial charge in [-0.3, -0.25) is 4.79 Å². The summed E-state index contributed by atoms with van der Waals surface area (Å²) in [6.45, 7) is 6.88. The van der Waals surface area contributed by atoms with Crippen LogP contribution in [0.4, 0.5) is 26.1 Å². The van der Waals surface area contributed by atoms with E-state index in [1.54, 1.807) is 4.90 Å². The van der Waals surface area contributed by atoms with Crippen molar-refractivity contribution < 1.29 is 18.3 Å². The molecule has 4 heterocycles. The van der Waals surface area contributed by atoms with Gasteiger partial charge in [0.15, 0.2) is 5.82 Å². The molecular formula is C21H30F2N4O2. The van der Waals surface area contributed by atoms with E-state index in [1.807, 2.05) is 30.9 Å². The number of β-lactam (4-membered cyclic amide) rings is 1. The molecule has 3 aliphatic heterocycles. The van der Waals surface area contributed by atoms with Crippen molar-refractivity contribution in [3.05, 3.63) is 12.1 Å². The molecule has 0 saturated carbocycles. The fourth-order valence-corrected chi connectivity index (χ4v) is 4.43. The maximum Gasteiger partial charge on any atom is 0.251 e. The Morgan fingerprint density at radius 2 is 1.90 bits per heavy atom. The van der Waals surface area contributed by atoms with Crippen molar-refractivity contribution >= 4 is 23.2 Å². The van der Waals surface area contributed by atoms with Crippen LogP contribution in [0.2, 0.25) is 0 Å². The highest BCUT2D eigenvalue weighted by atomic mass is 19.3. The molecule has 1 aromatic rings. The van der Waals surface area contributed by atoms with E-state index in [9.17, 15) is 13.6 Å². The highest BCUT2D eigenvalue weighted by Gasteiger charge is 2.46. The Morgan fingerprint density at radius 3 is 2.52 bits per heavy atom. The van der Waals surface area contributed by atoms with Gasteiger partial charge in [-0.05, 0) is 44.7 Å². The number of rotatable bonds is 5. The second kappa shape index (κ2) is 7.70. The number of hydrogen-bond acceptors (Lipinski definition) is 5. The second-order valence-electron chi connectivity index (χ2n) is 9.04. The minimum Gasteiger partial charge on any atom is -0.381 e. The maximum atomic E-state index is 13.7. The van der Waals surface area contributed by atoms with E-state index < -0.39 is 5.92 Å². The summed E-state index contributed by atoms with van der Waals surface area (Å²) >= 11 is 0. The number of piperidine rings is 1. The zero-order chi connectivity index (χ0) is 20.6. The normalized spacial score (nSPS) is 24.3. The van der Waals surface area contributed by atoms with Crippen LogP contribution in [-0.2, 0) is 9.53 Å². The first-order valence-electron chi connectivity index (χ1n) is 10.5. The molecule has 0 unspecified atom stereocenters. The van der Waals surface area contributed by atoms with Gasteiger partial charge in [-0.1, -0.05) is 0 Å². The summed E-state index contributed by atoms with van der Waals surface area (Å²) in [5, 5.41) is 3.40. The first-order valence-corrected chi connectivity index (χ1v) is 10.5. The van der Waals surface area contributed by atoms with Crippen molar-refractivity contribution in [3.8, 4) is 0 Å². The average molecular weight is 408 g/mol. The summed E-state index contributed by atoms with van der Waals surface area (Å²) in [5.74, 6) is -0.694. The van der Waals surface area contributed by atoms with E-state index in [0.29, 0.717) is 23.8 Å². The highest BCUT2D eigenvalue weighted by molar-refractivity contribution is 6.04. The number of pyridine rings is 1. The molecule has 0 aromatic carbocycles. The van der Waals surface area contributed by atoms with E-state index in [1.165, 1.54) is 0 Å². The van der Waals surface area contributed by atoms with Crippen molar-refractivity contribution in [1.82, 2.24) is 4.98 Å². The standard InChI is InChI=1S/C21H30F2N4O2/c1-20(2)13-18(28)27(20)16-3-4-17(24-14-15-5-11-29-12-6-15)25-19(16)26-9-7-21(22,23)8-10-26/h3-4,15H,5-14H2,1-2H3,(H,24,25). The second-order valence-corrected chi connectivity index (χ2v) is 9.04. The molecule has 0 bridgehead atoms. The van der Waals surface area contributed by atoms with Gasteiger partial charge in [0.1, 0.15) is 5.82 Å². The molecule has 3 fully saturated rings. The molecule has 4 rings (SSSR count). The van der Waals surface area contributed by atoms with Crippen molar-refractivity contribution in [2.45, 2.75) is 57.4 Å². The Kier molecular flexibility index (Phi) is 5.40. The molecule has 1 N–H and O–H groups in total. The van der Waals surface area contributed by atoms with Gasteiger partial charge in [0.2, 0.25) is 5.91 Å². The number of amides is 1. The number of aromatic nitrogens is 1. The number of carbonyl (C=O) groups is 1. The monoisotopic (exact) mass is 408 g/mol. The van der Waals surface area contributed by atoms with Crippen LogP contribution in [0.15, 0.2) is 12.1 Å². The third-order valence-electron chi connectivity index (χ3n) is 6.24. The lowest BCUT2D eigenvalue weighted by molar-refractivity contribution is -0.126. The van der Waals surface area contributed by atoms with Gasteiger partial charge >= 0.3 is 0 Å². The third kappa shape index (κ3) is 4.32. The van der Waals surface area contributed by atoms with E-state index in [4.69, 9.17) is 9.72 Å². The van der Waals surface area contributed by atoms with Crippen LogP contribution in [0.3, 0.4) is 0 Å². The largest absolute Gasteiger partial charge is 0.381 e. The van der Waals surface area contributed by atoms with Gasteiger partial charge in [-0.25, -0.2) is 13.8 Å². The highest BCUT2D eigenvalue weighted by Crippen LogP contribution is 2.42. The fourth-order valence-electron chi connectivity index (χ4n) is 4.43. The van der Waals surface area contributed by atoms with Gasteiger partial charge in [0.05, 0.1) is 17.6 Å². The number of alkyl halides is 2. The number of nitrogens with one attached hydrogen (secondary N) is 1. The van der Waals surface area contributed by atoms with E-state index in [-0.39, 0.29) is 37.4 Å². The molecule has 6 nitrogen and oxygen atoms in total. The van der Waals surface area contributed by atoms with Crippen LogP contribution in [-0.4, -0.2) is 55.2 Å². The summed E-state index contributed by atoms with van der Waals surface area (Å²) in [4.78, 5) is 20.8. The maximum absolute atomic E-state index is 13.7. The SMILES string of the molecule is CC1(C)CC(=O)N1c1ccc(NCC2CCOCC2)nc1N1CCC(F)(F)CC1. The van der Waals surface area contributed by atoms with Crippen LogP contribution in [0.25, 0.3) is 0 Å². The first-order chi connectivity index (χ1) is 13.8. The zero-order valence-corrected chi connectivity index (χ0v) is 17.2. The number of anilines is 3. The summed E-state index contributed by atoms with van der Waals surface area (Å²) in [5.41, 5.74) is 0.428. The van der Waals surface area contributed by atoms with E-state index in [2.05, 4.69) is 5.32 Å². The van der Waals surface area contributed by atoms with Crippen LogP contribution < -0.4 is 15.1 Å². The van der Waals surface area contributed by atoms with Gasteiger partial charge in [-0.15, -0.1) is 0 Å². The molecule has 0 atom stereocenters. The molecule has 0 aliphatic carbocycles. The summed E-state index contributed by atoms with van der Waals surface area (Å²) in [6, 6.07) is 3.79. The number of nitrogens with zero attached hydrogens (tertiary/aromatic N) is 3. The minimum atomic E-state index is -2.62. The third-order valence-corrected chi connectivity index (χ3v) is 6.24. The topological polar surface area (TPSA) is 57.7 Å². The quantitative estimate of drug-likeness (QED) is 0.754. The van der Waals surface area contributed by atoms with Gasteiger partial charge < -0.3 is 19.9 Å². The molecule has 3 aliphatic rings. The molecule has 1 aromatic heterocycles. The fraction of sp³-hybridized carbons (Fsp3) is 0.714. The number of ether oxygens (including phenoxy) is 1. The molecule has 0 spiro atoms.